The van der Waals surface area contributed by atoms with E-state index in [1.165, 1.54) is 38.5 Å². The Morgan fingerprint density at radius 2 is 1.74 bits per heavy atom. The second-order valence-corrected chi connectivity index (χ2v) is 9.27. The Morgan fingerprint density at radius 1 is 1.07 bits per heavy atom. The molecule has 27 heavy (non-hydrogen) atoms. The maximum Gasteiger partial charge on any atom is 0.225 e. The van der Waals surface area contributed by atoms with E-state index in [1.54, 1.807) is 6.20 Å². The fraction of sp³-hybridized carbons (Fsp3) is 0.667. The molecule has 0 unspecified atom stereocenters. The number of amides is 1. The molecular formula is C21H29N5O. The Labute approximate surface area is 160 Å². The third-order valence-electron chi connectivity index (χ3n) is 6.97. The van der Waals surface area contributed by atoms with Crippen molar-refractivity contribution in [2.75, 3.05) is 5.32 Å². The number of aromatic nitrogens is 4. The normalized spacial score (nSPS) is 31.4. The van der Waals surface area contributed by atoms with Crippen molar-refractivity contribution in [2.45, 2.75) is 65.0 Å². The van der Waals surface area contributed by atoms with E-state index in [0.29, 0.717) is 13.0 Å². The number of hydrogen-bond donors (Lipinski definition) is 1. The summed E-state index contributed by atoms with van der Waals surface area (Å²) in [4.78, 5) is 12.7. The fourth-order valence-electron chi connectivity index (χ4n) is 6.41. The summed E-state index contributed by atoms with van der Waals surface area (Å²) in [6, 6.07) is 0. The summed E-state index contributed by atoms with van der Waals surface area (Å²) in [6.07, 6.45) is 16.3. The molecule has 6 nitrogen and oxygen atoms in total. The highest BCUT2D eigenvalue weighted by atomic mass is 16.1. The standard InChI is InChI=1S/C21H29N5O/c1-2-25-12-18(10-22-25)13-26-14-19(11-23-26)24-20(27)9-21-6-15-3-16(7-21)5-17(4-15)8-21/h10-12,14-17H,2-9,13H2,1H3,(H,24,27). The quantitative estimate of drug-likeness (QED) is 0.847. The van der Waals surface area contributed by atoms with Crippen molar-refractivity contribution in [2.24, 2.45) is 23.2 Å². The van der Waals surface area contributed by atoms with Gasteiger partial charge in [0.2, 0.25) is 5.91 Å². The molecule has 1 N–H and O–H groups in total. The lowest BCUT2D eigenvalue weighted by Crippen LogP contribution is -2.47. The van der Waals surface area contributed by atoms with Crippen LogP contribution < -0.4 is 5.32 Å². The van der Waals surface area contributed by atoms with Crippen molar-refractivity contribution in [3.8, 4) is 0 Å². The lowest BCUT2D eigenvalue weighted by Gasteiger charge is -2.56. The minimum atomic E-state index is 0.162. The lowest BCUT2D eigenvalue weighted by molar-refractivity contribution is -0.124. The molecule has 2 aromatic rings. The average molecular weight is 367 g/mol. The molecule has 4 aliphatic rings. The van der Waals surface area contributed by atoms with Gasteiger partial charge < -0.3 is 5.32 Å². The minimum absolute atomic E-state index is 0.162. The first kappa shape index (κ1) is 17.0. The third kappa shape index (κ3) is 3.42. The molecule has 4 aliphatic carbocycles. The number of nitrogens with one attached hydrogen (secondary N) is 1. The molecule has 0 atom stereocenters. The zero-order valence-electron chi connectivity index (χ0n) is 16.1. The molecule has 0 aromatic carbocycles. The molecular weight excluding hydrogens is 338 g/mol. The molecule has 0 radical (unpaired) electrons. The number of rotatable bonds is 6. The van der Waals surface area contributed by atoms with Gasteiger partial charge in [-0.05, 0) is 68.6 Å². The molecule has 4 saturated carbocycles. The van der Waals surface area contributed by atoms with Crippen LogP contribution in [0, 0.1) is 23.2 Å². The zero-order valence-corrected chi connectivity index (χ0v) is 16.1. The van der Waals surface area contributed by atoms with Gasteiger partial charge in [-0.25, -0.2) is 0 Å². The lowest BCUT2D eigenvalue weighted by atomic mass is 9.49. The molecule has 4 fully saturated rings. The van der Waals surface area contributed by atoms with Crippen LogP contribution in [0.25, 0.3) is 0 Å². The Hall–Kier alpha value is -2.11. The predicted molar refractivity (Wildman–Crippen MR) is 103 cm³/mol. The summed E-state index contributed by atoms with van der Waals surface area (Å²) < 4.78 is 3.77. The van der Waals surface area contributed by atoms with Crippen LogP contribution in [0.3, 0.4) is 0 Å². The SMILES string of the molecule is CCn1cc(Cn2cc(NC(=O)CC34CC5CC(CC(C5)C3)C4)cn2)cn1. The molecule has 4 bridgehead atoms. The minimum Gasteiger partial charge on any atom is -0.323 e. The van der Waals surface area contributed by atoms with E-state index in [2.05, 4.69) is 22.4 Å². The summed E-state index contributed by atoms with van der Waals surface area (Å²) in [6.45, 7) is 3.61. The van der Waals surface area contributed by atoms with Gasteiger partial charge in [0.1, 0.15) is 0 Å². The first-order valence-electron chi connectivity index (χ1n) is 10.4. The largest absolute Gasteiger partial charge is 0.323 e. The Bertz CT molecular complexity index is 800. The number of hydrogen-bond acceptors (Lipinski definition) is 3. The molecule has 144 valence electrons. The van der Waals surface area contributed by atoms with E-state index in [0.717, 1.165) is 35.5 Å². The summed E-state index contributed by atoms with van der Waals surface area (Å²) in [7, 11) is 0. The Kier molecular flexibility index (Phi) is 4.10. The van der Waals surface area contributed by atoms with Crippen LogP contribution in [0.1, 0.15) is 57.4 Å². The second-order valence-electron chi connectivity index (χ2n) is 9.27. The zero-order chi connectivity index (χ0) is 18.4. The van der Waals surface area contributed by atoms with Crippen LogP contribution >= 0.6 is 0 Å². The van der Waals surface area contributed by atoms with E-state index in [1.807, 2.05) is 28.0 Å². The third-order valence-corrected chi connectivity index (χ3v) is 6.97. The van der Waals surface area contributed by atoms with Gasteiger partial charge >= 0.3 is 0 Å². The van der Waals surface area contributed by atoms with Crippen LogP contribution in [-0.4, -0.2) is 25.5 Å². The summed E-state index contributed by atoms with van der Waals surface area (Å²) in [5, 5.41) is 11.8. The predicted octanol–water partition coefficient (Wildman–Crippen LogP) is 3.69. The summed E-state index contributed by atoms with van der Waals surface area (Å²) in [5.74, 6) is 2.82. The highest BCUT2D eigenvalue weighted by Crippen LogP contribution is 2.61. The van der Waals surface area contributed by atoms with E-state index in [9.17, 15) is 4.79 Å². The monoisotopic (exact) mass is 367 g/mol. The van der Waals surface area contributed by atoms with Gasteiger partial charge in [-0.3, -0.25) is 14.2 Å². The van der Waals surface area contributed by atoms with Gasteiger partial charge in [0.15, 0.2) is 0 Å². The van der Waals surface area contributed by atoms with Crippen LogP contribution in [0.15, 0.2) is 24.8 Å². The molecule has 6 heteroatoms. The van der Waals surface area contributed by atoms with Crippen molar-refractivity contribution in [1.29, 1.82) is 0 Å². The molecule has 2 aromatic heterocycles. The van der Waals surface area contributed by atoms with E-state index >= 15 is 0 Å². The molecule has 6 rings (SSSR count). The highest BCUT2D eigenvalue weighted by molar-refractivity contribution is 5.90. The van der Waals surface area contributed by atoms with Crippen molar-refractivity contribution >= 4 is 11.6 Å². The summed E-state index contributed by atoms with van der Waals surface area (Å²) in [5.41, 5.74) is 2.20. The molecule has 0 aliphatic heterocycles. The molecule has 2 heterocycles. The molecule has 0 saturated heterocycles. The first-order valence-corrected chi connectivity index (χ1v) is 10.4. The van der Waals surface area contributed by atoms with Crippen LogP contribution in [0.5, 0.6) is 0 Å². The van der Waals surface area contributed by atoms with E-state index < -0.39 is 0 Å². The first-order chi connectivity index (χ1) is 13.1. The maximum absolute atomic E-state index is 12.7. The smallest absolute Gasteiger partial charge is 0.225 e. The number of anilines is 1. The Morgan fingerprint density at radius 3 is 2.37 bits per heavy atom. The highest BCUT2D eigenvalue weighted by Gasteiger charge is 2.51. The topological polar surface area (TPSA) is 64.7 Å². The maximum atomic E-state index is 12.7. The fourth-order valence-corrected chi connectivity index (χ4v) is 6.41. The van der Waals surface area contributed by atoms with Crippen LogP contribution in [-0.2, 0) is 17.9 Å². The molecule has 1 amide bonds. The Balaban J connectivity index is 1.20. The van der Waals surface area contributed by atoms with Gasteiger partial charge in [-0.2, -0.15) is 10.2 Å². The van der Waals surface area contributed by atoms with Crippen LogP contribution in [0.4, 0.5) is 5.69 Å². The van der Waals surface area contributed by atoms with E-state index in [4.69, 9.17) is 0 Å². The number of carbonyl (C=O) groups is 1. The van der Waals surface area contributed by atoms with Gasteiger partial charge in [0.25, 0.3) is 0 Å². The second kappa shape index (κ2) is 6.50. The average Bonchev–Trinajstić information content (AvgIpc) is 3.22. The van der Waals surface area contributed by atoms with Crippen LogP contribution in [0.2, 0.25) is 0 Å². The van der Waals surface area contributed by atoms with Gasteiger partial charge in [-0.1, -0.05) is 0 Å². The van der Waals surface area contributed by atoms with E-state index in [-0.39, 0.29) is 11.3 Å². The van der Waals surface area contributed by atoms with Crippen molar-refractivity contribution in [1.82, 2.24) is 19.6 Å². The number of nitrogens with zero attached hydrogens (tertiary/aromatic N) is 4. The van der Waals surface area contributed by atoms with Crippen molar-refractivity contribution in [3.63, 3.8) is 0 Å². The number of carbonyl (C=O) groups excluding carboxylic acids is 1. The number of aryl methyl sites for hydroxylation is 1. The van der Waals surface area contributed by atoms with Gasteiger partial charge in [-0.15, -0.1) is 0 Å². The van der Waals surface area contributed by atoms with Gasteiger partial charge in [0, 0.05) is 30.9 Å². The van der Waals surface area contributed by atoms with Crippen molar-refractivity contribution in [3.05, 3.63) is 30.4 Å². The van der Waals surface area contributed by atoms with Crippen molar-refractivity contribution < 1.29 is 4.79 Å². The summed E-state index contributed by atoms with van der Waals surface area (Å²) >= 11 is 0. The molecule has 0 spiro atoms. The van der Waals surface area contributed by atoms with Gasteiger partial charge in [0.05, 0.1) is 24.6 Å².